The fraction of sp³-hybridized carbons (Fsp3) is 0.912. The number of rotatable bonds is 66. The highest BCUT2D eigenvalue weighted by molar-refractivity contribution is 5.78. The van der Waals surface area contributed by atoms with Crippen molar-refractivity contribution in [2.45, 2.75) is 474 Å². The molecular formula is C91H161N3O39. The van der Waals surface area contributed by atoms with Crippen LogP contribution in [-0.2, 0) is 85.6 Å². The topological polar surface area (TPSA) is 674 Å². The largest absolute Gasteiger partial charge is 0.477 e. The van der Waals surface area contributed by atoms with Crippen molar-refractivity contribution >= 4 is 35.4 Å². The third-order valence-electron chi connectivity index (χ3n) is 25.9. The number of ketones is 1. The standard InChI is InChI=1S/C91H161N3O39/c1-6-8-10-12-14-16-18-20-21-22-23-24-25-26-27-29-31-33-35-37-39-41-66(108)94-56(57(104)40-38-36-34-32-30-28-19-17-15-13-11-9-7-2)51-122-85-76(116)74(114)79(64(49-99)125-85)128-87-77(117)83(80(65(50-100)126-87)129-84-55(42-52(3)101)78(71(111)62(47-97)123-84)127-86-75(115)73(113)70(110)61(46-96)124-86)133-91(89(120)121)44-59(106)68(93-54(5)103)82(132-91)72(112)63(48-98)130-90(88(118)119)43-58(105)67(92-53(4)102)81(131-90)69(109)60(107)45-95/h20-21,55-65,67-87,95-100,104-107,109-117H,6-19,22-51H2,1-5H3,(H,92,102)(H,93,103)(H,94,108)(H,118,119)(H,120,121)/b21-20-/t55-,56+,57-,58+,59+,60-,61-,62-,63-,64-,65-,67-,68-,69-,70+,71+,72-,73+,74-,75-,76-,77-,78-,79-,80+,81?,82?,83-,84+,85-,86+,87+,90-,91+/m1/s1. The van der Waals surface area contributed by atoms with Crippen molar-refractivity contribution in [2.75, 3.05) is 46.2 Å². The quantitative estimate of drug-likeness (QED) is 0.0271. The van der Waals surface area contributed by atoms with E-state index in [2.05, 4.69) is 41.9 Å². The van der Waals surface area contributed by atoms with Gasteiger partial charge in [0.05, 0.1) is 88.8 Å². The molecule has 0 aromatic carbocycles. The summed E-state index contributed by atoms with van der Waals surface area (Å²) in [5.41, 5.74) is 0. The van der Waals surface area contributed by atoms with E-state index in [1.165, 1.54) is 103 Å². The molecule has 34 atom stereocenters. The van der Waals surface area contributed by atoms with Crippen LogP contribution in [-0.4, -0.2) is 390 Å². The van der Waals surface area contributed by atoms with Gasteiger partial charge in [0.2, 0.25) is 17.7 Å². The lowest BCUT2D eigenvalue weighted by Crippen LogP contribution is -2.72. The van der Waals surface area contributed by atoms with Gasteiger partial charge in [-0.25, -0.2) is 9.59 Å². The Balaban J connectivity index is 1.28. The van der Waals surface area contributed by atoms with E-state index in [4.69, 9.17) is 56.8 Å². The summed E-state index contributed by atoms with van der Waals surface area (Å²) in [6, 6.07) is -5.01. The first-order chi connectivity index (χ1) is 63.6. The van der Waals surface area contributed by atoms with Crippen molar-refractivity contribution in [1.29, 1.82) is 0 Å². The summed E-state index contributed by atoms with van der Waals surface area (Å²) in [7, 11) is 0. The van der Waals surface area contributed by atoms with Crippen molar-refractivity contribution < 1.29 is 193 Å². The molecule has 0 aromatic heterocycles. The number of carboxylic acids is 2. The molecule has 133 heavy (non-hydrogen) atoms. The van der Waals surface area contributed by atoms with E-state index in [1.807, 2.05) is 0 Å². The summed E-state index contributed by atoms with van der Waals surface area (Å²) < 4.78 is 72.7. The van der Waals surface area contributed by atoms with Crippen LogP contribution in [0.2, 0.25) is 0 Å². The van der Waals surface area contributed by atoms with E-state index >= 15 is 0 Å². The maximum atomic E-state index is 14.5. The van der Waals surface area contributed by atoms with Gasteiger partial charge in [-0.15, -0.1) is 0 Å². The van der Waals surface area contributed by atoms with Crippen molar-refractivity contribution in [3.63, 3.8) is 0 Å². The molecule has 6 saturated heterocycles. The zero-order chi connectivity index (χ0) is 98.1. The molecule has 774 valence electrons. The molecule has 2 unspecified atom stereocenters. The maximum Gasteiger partial charge on any atom is 0.364 e. The van der Waals surface area contributed by atoms with Gasteiger partial charge in [-0.2, -0.15) is 0 Å². The second-order valence-corrected chi connectivity index (χ2v) is 36.7. The summed E-state index contributed by atoms with van der Waals surface area (Å²) in [4.78, 5) is 80.7. The van der Waals surface area contributed by atoms with Crippen LogP contribution in [0.25, 0.3) is 0 Å². The normalized spacial score (nSPS) is 34.1. The van der Waals surface area contributed by atoms with E-state index in [0.717, 1.165) is 111 Å². The molecule has 42 nitrogen and oxygen atoms in total. The van der Waals surface area contributed by atoms with Crippen molar-refractivity contribution in [3.8, 4) is 0 Å². The number of hydrogen-bond acceptors (Lipinski definition) is 37. The Morgan fingerprint density at radius 3 is 1.32 bits per heavy atom. The van der Waals surface area contributed by atoms with Gasteiger partial charge >= 0.3 is 11.9 Å². The second-order valence-electron chi connectivity index (χ2n) is 36.7. The first kappa shape index (κ1) is 117. The minimum absolute atomic E-state index is 0.109. The second kappa shape index (κ2) is 61.3. The predicted molar refractivity (Wildman–Crippen MR) is 469 cm³/mol. The number of nitrogens with one attached hydrogen (secondary N) is 3. The fourth-order valence-corrected chi connectivity index (χ4v) is 18.2. The molecule has 3 amide bonds. The molecule has 0 aliphatic carbocycles. The predicted octanol–water partition coefficient (Wildman–Crippen LogP) is -0.437. The average Bonchev–Trinajstić information content (AvgIpc) is 0.746. The highest BCUT2D eigenvalue weighted by Crippen LogP contribution is 2.44. The summed E-state index contributed by atoms with van der Waals surface area (Å²) in [5, 5.41) is 246. The van der Waals surface area contributed by atoms with Gasteiger partial charge in [-0.1, -0.05) is 199 Å². The number of ether oxygens (including phenoxy) is 12. The third-order valence-corrected chi connectivity index (χ3v) is 25.9. The lowest BCUT2D eigenvalue weighted by Gasteiger charge is -2.53. The number of allylic oxidation sites excluding steroid dienone is 2. The van der Waals surface area contributed by atoms with Crippen LogP contribution >= 0.6 is 0 Å². The Kier molecular flexibility index (Phi) is 54.0. The molecule has 0 spiro atoms. The van der Waals surface area contributed by atoms with Gasteiger partial charge in [-0.05, 0) is 45.4 Å². The summed E-state index contributed by atoms with van der Waals surface area (Å²) >= 11 is 0. The first-order valence-electron chi connectivity index (χ1n) is 48.4. The number of carbonyl (C=O) groups excluding carboxylic acids is 4. The number of amides is 3. The lowest BCUT2D eigenvalue weighted by molar-refractivity contribution is -0.407. The Hall–Kier alpha value is -4.48. The number of aliphatic carboxylic acids is 2. The highest BCUT2D eigenvalue weighted by Gasteiger charge is 2.64. The minimum Gasteiger partial charge on any atom is -0.477 e. The van der Waals surface area contributed by atoms with E-state index in [9.17, 15) is 136 Å². The number of aliphatic hydroxyl groups excluding tert-OH is 19. The van der Waals surface area contributed by atoms with Gasteiger partial charge in [0, 0.05) is 45.4 Å². The molecule has 42 heteroatoms. The molecule has 0 saturated carbocycles. The molecule has 6 heterocycles. The fourth-order valence-electron chi connectivity index (χ4n) is 18.2. The molecule has 0 bridgehead atoms. The smallest absolute Gasteiger partial charge is 0.364 e. The number of unbranched alkanes of at least 4 members (excludes halogenated alkanes) is 29. The monoisotopic (exact) mass is 1920 g/mol. The van der Waals surface area contributed by atoms with Gasteiger partial charge < -0.3 is 185 Å². The van der Waals surface area contributed by atoms with Gasteiger partial charge in [0.25, 0.3) is 11.6 Å². The number of Topliss-reactive ketones (excluding diaryl/α,β-unsaturated/α-hetero) is 1. The van der Waals surface area contributed by atoms with Crippen LogP contribution in [0, 0.1) is 5.92 Å². The van der Waals surface area contributed by atoms with Gasteiger partial charge in [-0.3, -0.25) is 14.4 Å². The average molecular weight is 1920 g/mol. The molecule has 0 radical (unpaired) electrons. The van der Waals surface area contributed by atoms with Crippen LogP contribution in [0.3, 0.4) is 0 Å². The molecule has 6 aliphatic rings. The van der Waals surface area contributed by atoms with Crippen molar-refractivity contribution in [2.24, 2.45) is 5.92 Å². The van der Waals surface area contributed by atoms with Gasteiger partial charge in [0.15, 0.2) is 25.2 Å². The molecule has 0 aromatic rings. The molecular weight excluding hydrogens is 1760 g/mol. The van der Waals surface area contributed by atoms with Crippen LogP contribution in [0.5, 0.6) is 0 Å². The molecule has 6 fully saturated rings. The molecule has 6 rings (SSSR count). The van der Waals surface area contributed by atoms with Crippen LogP contribution < -0.4 is 16.0 Å². The van der Waals surface area contributed by atoms with Gasteiger partial charge in [0.1, 0.15) is 128 Å². The Morgan fingerprint density at radius 1 is 0.421 bits per heavy atom. The zero-order valence-electron chi connectivity index (χ0n) is 78.0. The number of carboxylic acid groups (broad SMARTS) is 2. The Bertz CT molecular complexity index is 3310. The lowest BCUT2D eigenvalue weighted by atomic mass is 9.86. The summed E-state index contributed by atoms with van der Waals surface area (Å²) in [6.07, 6.45) is -24.4. The van der Waals surface area contributed by atoms with Crippen LogP contribution in [0.1, 0.15) is 272 Å². The van der Waals surface area contributed by atoms with E-state index in [0.29, 0.717) is 12.8 Å². The van der Waals surface area contributed by atoms with Crippen LogP contribution in [0.15, 0.2) is 12.2 Å². The van der Waals surface area contributed by atoms with Crippen molar-refractivity contribution in [3.05, 3.63) is 12.2 Å². The van der Waals surface area contributed by atoms with Crippen molar-refractivity contribution in [1.82, 2.24) is 16.0 Å². The number of carbonyl (C=O) groups is 6. The number of aliphatic hydroxyl groups is 19. The number of hydrogen-bond donors (Lipinski definition) is 24. The first-order valence-corrected chi connectivity index (χ1v) is 48.4. The third kappa shape index (κ3) is 35.9. The summed E-state index contributed by atoms with van der Waals surface area (Å²) in [5.74, 6) is -16.5. The summed E-state index contributed by atoms with van der Waals surface area (Å²) in [6.45, 7) is -0.687. The van der Waals surface area contributed by atoms with E-state index in [1.54, 1.807) is 0 Å². The zero-order valence-corrected chi connectivity index (χ0v) is 78.0. The van der Waals surface area contributed by atoms with Crippen LogP contribution in [0.4, 0.5) is 0 Å². The maximum absolute atomic E-state index is 14.5. The molecule has 24 N–H and O–H groups in total. The Labute approximate surface area is 779 Å². The minimum atomic E-state index is -3.67. The Morgan fingerprint density at radius 2 is 0.835 bits per heavy atom. The van der Waals surface area contributed by atoms with E-state index < -0.39 is 308 Å². The van der Waals surface area contributed by atoms with E-state index in [-0.39, 0.29) is 12.8 Å². The highest BCUT2D eigenvalue weighted by atomic mass is 16.8. The molecule has 6 aliphatic heterocycles. The SMILES string of the molecule is CCCCCCCC/C=C\CCCCCCCCCCCCCC(=O)N[C@@H](CO[C@@H]1O[C@H](CO)[C@@H](O[C@@H]2O[C@H](CO)[C@H](O[C@@H]3O[C@H](CO)[C@H](O)[C@H](O[C@@H]4O[C@H](CO)[C@H](O)[C@H](O)[C@H]4O)[C@H]3CC(C)=O)[C@H](O[C@]3(C(=O)O)C[C@H](O)[C@@H](NC(C)=O)C([C@H](O)[C@@H](CO)O[C@]4(C(=O)O)C[C@H](O)[C@@H](NC(C)=O)C([C@H](O)[C@H](O)CO)O4)O3)[C@H]2O)[C@H](O)[C@H]1O)[C@H](O)CCCCCCCCCCCCCCC.